The van der Waals surface area contributed by atoms with Gasteiger partial charge in [0.15, 0.2) is 17.5 Å². The van der Waals surface area contributed by atoms with Gasteiger partial charge in [0.1, 0.15) is 29.5 Å². The van der Waals surface area contributed by atoms with Crippen molar-refractivity contribution in [1.29, 1.82) is 0 Å². The first kappa shape index (κ1) is 23.5. The highest BCUT2D eigenvalue weighted by atomic mass is 19.3. The van der Waals surface area contributed by atoms with E-state index in [9.17, 15) is 27.5 Å². The molecule has 9 nitrogen and oxygen atoms in total. The topological polar surface area (TPSA) is 110 Å². The van der Waals surface area contributed by atoms with E-state index in [4.69, 9.17) is 4.52 Å². The normalized spacial score (nSPS) is 17.3. The van der Waals surface area contributed by atoms with Crippen molar-refractivity contribution in [2.45, 2.75) is 31.4 Å². The predicted molar refractivity (Wildman–Crippen MR) is 117 cm³/mol. The first-order valence-electron chi connectivity index (χ1n) is 10.8. The minimum atomic E-state index is -3.22. The van der Waals surface area contributed by atoms with Crippen molar-refractivity contribution in [2.75, 3.05) is 11.4 Å². The summed E-state index contributed by atoms with van der Waals surface area (Å²) in [5.74, 6) is -6.80. The summed E-state index contributed by atoms with van der Waals surface area (Å²) in [6, 6.07) is 7.79. The number of alkyl halides is 2. The standard InChI is InChI=1S/C23H18F4N6O3/c24-14-4-2-1-3-13(14)11-33-19(16-6-8-36-31-16)9-17(30-33)20-28-10-15(25)21(29-20)32-12-23(26,27)7-5-18(32)22(34)35/h1-4,6,8-10,18H,5,7,11-12H2,(H,34,35). The average molecular weight is 502 g/mol. The van der Waals surface area contributed by atoms with E-state index < -0.39 is 48.4 Å². The Labute approximate surface area is 201 Å². The Morgan fingerprint density at radius 3 is 2.69 bits per heavy atom. The van der Waals surface area contributed by atoms with E-state index in [-0.39, 0.29) is 24.5 Å². The third kappa shape index (κ3) is 4.51. The van der Waals surface area contributed by atoms with Crippen LogP contribution in [0.15, 0.2) is 53.4 Å². The van der Waals surface area contributed by atoms with Gasteiger partial charge >= 0.3 is 5.97 Å². The number of piperidine rings is 1. The number of nitrogens with zero attached hydrogens (tertiary/aromatic N) is 6. The van der Waals surface area contributed by atoms with Crippen LogP contribution in [-0.2, 0) is 11.3 Å². The van der Waals surface area contributed by atoms with E-state index in [1.807, 2.05) is 0 Å². The molecule has 1 aromatic carbocycles. The van der Waals surface area contributed by atoms with Crippen LogP contribution in [0.5, 0.6) is 0 Å². The molecule has 1 aliphatic rings. The van der Waals surface area contributed by atoms with Gasteiger partial charge in [0.25, 0.3) is 5.92 Å². The predicted octanol–water partition coefficient (Wildman–Crippen LogP) is 4.01. The van der Waals surface area contributed by atoms with Gasteiger partial charge in [-0.3, -0.25) is 4.68 Å². The lowest BCUT2D eigenvalue weighted by molar-refractivity contribution is -0.140. The number of carbonyl (C=O) groups is 1. The third-order valence-electron chi connectivity index (χ3n) is 5.83. The molecule has 0 amide bonds. The van der Waals surface area contributed by atoms with Gasteiger partial charge in [0, 0.05) is 18.1 Å². The molecule has 1 unspecified atom stereocenters. The van der Waals surface area contributed by atoms with Crippen LogP contribution in [0.3, 0.4) is 0 Å². The van der Waals surface area contributed by atoms with Gasteiger partial charge in [-0.15, -0.1) is 0 Å². The maximum atomic E-state index is 14.7. The summed E-state index contributed by atoms with van der Waals surface area (Å²) in [4.78, 5) is 20.4. The third-order valence-corrected chi connectivity index (χ3v) is 5.83. The van der Waals surface area contributed by atoms with Gasteiger partial charge in [0.05, 0.1) is 25.0 Å². The summed E-state index contributed by atoms with van der Waals surface area (Å²) in [6.07, 6.45) is 1.09. The smallest absolute Gasteiger partial charge is 0.326 e. The van der Waals surface area contributed by atoms with Crippen LogP contribution in [-0.4, -0.2) is 54.5 Å². The van der Waals surface area contributed by atoms with Gasteiger partial charge in [-0.2, -0.15) is 5.10 Å². The number of hydrogen-bond donors (Lipinski definition) is 1. The summed E-state index contributed by atoms with van der Waals surface area (Å²) in [5.41, 5.74) is 1.22. The summed E-state index contributed by atoms with van der Waals surface area (Å²) in [5, 5.41) is 17.8. The molecular weight excluding hydrogens is 484 g/mol. The van der Waals surface area contributed by atoms with E-state index in [0.29, 0.717) is 17.0 Å². The maximum absolute atomic E-state index is 14.7. The van der Waals surface area contributed by atoms with Crippen molar-refractivity contribution in [1.82, 2.24) is 24.9 Å². The molecule has 13 heteroatoms. The van der Waals surface area contributed by atoms with Crippen LogP contribution >= 0.6 is 0 Å². The lowest BCUT2D eigenvalue weighted by Crippen LogP contribution is -2.53. The van der Waals surface area contributed by atoms with E-state index in [1.54, 1.807) is 24.3 Å². The number of rotatable bonds is 6. The lowest BCUT2D eigenvalue weighted by atomic mass is 9.99. The van der Waals surface area contributed by atoms with E-state index in [2.05, 4.69) is 20.2 Å². The first-order valence-corrected chi connectivity index (χ1v) is 10.8. The van der Waals surface area contributed by atoms with Crippen molar-refractivity contribution in [3.8, 4) is 22.9 Å². The summed E-state index contributed by atoms with van der Waals surface area (Å²) >= 11 is 0. The number of anilines is 1. The lowest BCUT2D eigenvalue weighted by Gasteiger charge is -2.38. The number of halogens is 4. The van der Waals surface area contributed by atoms with Crippen LogP contribution < -0.4 is 4.90 Å². The highest BCUT2D eigenvalue weighted by Crippen LogP contribution is 2.35. The molecule has 1 fully saturated rings. The Balaban J connectivity index is 1.57. The molecule has 1 atom stereocenters. The van der Waals surface area contributed by atoms with Gasteiger partial charge in [0.2, 0.25) is 0 Å². The van der Waals surface area contributed by atoms with Crippen LogP contribution in [0.2, 0.25) is 0 Å². The fourth-order valence-electron chi connectivity index (χ4n) is 4.09. The molecule has 5 rings (SSSR count). The van der Waals surface area contributed by atoms with Gasteiger partial charge in [-0.05, 0) is 18.6 Å². The zero-order valence-corrected chi connectivity index (χ0v) is 18.5. The number of carboxylic acids is 1. The molecular formula is C23H18F4N6O3. The Kier molecular flexibility index (Phi) is 5.90. The van der Waals surface area contributed by atoms with Gasteiger partial charge < -0.3 is 14.5 Å². The zero-order chi connectivity index (χ0) is 25.4. The molecule has 1 N–H and O–H groups in total. The van der Waals surface area contributed by atoms with Gasteiger partial charge in [-0.25, -0.2) is 32.3 Å². The number of hydrogen-bond acceptors (Lipinski definition) is 7. The minimum Gasteiger partial charge on any atom is -0.480 e. The number of aliphatic carboxylic acids is 1. The molecule has 4 heterocycles. The number of benzene rings is 1. The summed E-state index contributed by atoms with van der Waals surface area (Å²) in [6.45, 7) is -1.01. The van der Waals surface area contributed by atoms with Crippen LogP contribution in [0.25, 0.3) is 22.9 Å². The van der Waals surface area contributed by atoms with Crippen molar-refractivity contribution < 1.29 is 32.0 Å². The summed E-state index contributed by atoms with van der Waals surface area (Å²) in [7, 11) is 0. The molecule has 0 saturated carbocycles. The fraction of sp³-hybridized carbons (Fsp3) is 0.261. The minimum absolute atomic E-state index is 0.00234. The Morgan fingerprint density at radius 2 is 1.97 bits per heavy atom. The molecule has 186 valence electrons. The maximum Gasteiger partial charge on any atom is 0.326 e. The molecule has 0 aliphatic carbocycles. The van der Waals surface area contributed by atoms with E-state index in [1.165, 1.54) is 23.1 Å². The van der Waals surface area contributed by atoms with Crippen molar-refractivity contribution in [3.63, 3.8) is 0 Å². The molecule has 4 aromatic rings. The molecule has 36 heavy (non-hydrogen) atoms. The van der Waals surface area contributed by atoms with E-state index >= 15 is 0 Å². The van der Waals surface area contributed by atoms with Crippen LogP contribution in [0.1, 0.15) is 18.4 Å². The second-order valence-electron chi connectivity index (χ2n) is 8.29. The van der Waals surface area contributed by atoms with Crippen LogP contribution in [0.4, 0.5) is 23.4 Å². The van der Waals surface area contributed by atoms with E-state index in [0.717, 1.165) is 11.1 Å². The second kappa shape index (κ2) is 9.06. The highest BCUT2D eigenvalue weighted by Gasteiger charge is 2.44. The molecule has 0 bridgehead atoms. The molecule has 3 aromatic heterocycles. The molecule has 1 aliphatic heterocycles. The molecule has 0 radical (unpaired) electrons. The number of aromatic nitrogens is 5. The Hall–Kier alpha value is -4.29. The Bertz CT molecular complexity index is 1410. The monoisotopic (exact) mass is 502 g/mol. The second-order valence-corrected chi connectivity index (χ2v) is 8.29. The quantitative estimate of drug-likeness (QED) is 0.394. The SMILES string of the molecule is O=C(O)C1CCC(F)(F)CN1c1nc(-c2cc(-c3ccon3)n(Cc3ccccc3F)n2)ncc1F. The number of carboxylic acid groups (broad SMARTS) is 1. The average Bonchev–Trinajstić information content (AvgIpc) is 3.50. The van der Waals surface area contributed by atoms with Crippen LogP contribution in [0, 0.1) is 11.6 Å². The zero-order valence-electron chi connectivity index (χ0n) is 18.5. The molecule has 0 spiro atoms. The van der Waals surface area contributed by atoms with Crippen molar-refractivity contribution in [2.24, 2.45) is 0 Å². The Morgan fingerprint density at radius 1 is 1.17 bits per heavy atom. The fourth-order valence-corrected chi connectivity index (χ4v) is 4.09. The van der Waals surface area contributed by atoms with Gasteiger partial charge in [-0.1, -0.05) is 23.4 Å². The van der Waals surface area contributed by atoms with Crippen molar-refractivity contribution >= 4 is 11.8 Å². The summed E-state index contributed by atoms with van der Waals surface area (Å²) < 4.78 is 63.6. The first-order chi connectivity index (χ1) is 17.2. The largest absolute Gasteiger partial charge is 0.480 e. The highest BCUT2D eigenvalue weighted by molar-refractivity contribution is 5.78. The molecule has 1 saturated heterocycles. The van der Waals surface area contributed by atoms with Crippen molar-refractivity contribution in [3.05, 3.63) is 66.1 Å².